The van der Waals surface area contributed by atoms with Crippen molar-refractivity contribution in [2.24, 2.45) is 0 Å². The first-order chi connectivity index (χ1) is 11.3. The molecule has 112 valence electrons. The average molecular weight is 302 g/mol. The molecule has 4 aromatic rings. The molecule has 23 heavy (non-hydrogen) atoms. The first-order valence-electron chi connectivity index (χ1n) is 7.58. The van der Waals surface area contributed by atoms with Gasteiger partial charge in [-0.1, -0.05) is 54.6 Å². The Hall–Kier alpha value is -2.94. The summed E-state index contributed by atoms with van der Waals surface area (Å²) in [5.74, 6) is -0.192. The number of pyridine rings is 1. The van der Waals surface area contributed by atoms with Gasteiger partial charge in [0.05, 0.1) is 16.7 Å². The molecule has 1 heterocycles. The third kappa shape index (κ3) is 2.50. The highest BCUT2D eigenvalue weighted by Gasteiger charge is 2.09. The molecular formula is C20H15FN2. The van der Waals surface area contributed by atoms with Gasteiger partial charge in [-0.3, -0.25) is 0 Å². The van der Waals surface area contributed by atoms with Gasteiger partial charge in [-0.15, -0.1) is 0 Å². The third-order valence-corrected chi connectivity index (χ3v) is 4.00. The van der Waals surface area contributed by atoms with Crippen molar-refractivity contribution in [2.45, 2.75) is 6.54 Å². The van der Waals surface area contributed by atoms with Crippen molar-refractivity contribution in [3.05, 3.63) is 84.2 Å². The molecular weight excluding hydrogens is 287 g/mol. The number of aromatic nitrogens is 1. The number of fused-ring (bicyclic) bond motifs is 2. The largest absolute Gasteiger partial charge is 0.380 e. The van der Waals surface area contributed by atoms with E-state index in [9.17, 15) is 4.39 Å². The van der Waals surface area contributed by atoms with E-state index >= 15 is 0 Å². The number of nitrogens with one attached hydrogen (secondary N) is 1. The predicted molar refractivity (Wildman–Crippen MR) is 93.0 cm³/mol. The summed E-state index contributed by atoms with van der Waals surface area (Å²) in [5, 5.41) is 5.50. The van der Waals surface area contributed by atoms with Gasteiger partial charge in [0, 0.05) is 22.9 Å². The van der Waals surface area contributed by atoms with Crippen molar-refractivity contribution in [1.82, 2.24) is 4.98 Å². The normalized spacial score (nSPS) is 11.0. The third-order valence-electron chi connectivity index (χ3n) is 4.00. The van der Waals surface area contributed by atoms with Crippen LogP contribution >= 0.6 is 0 Å². The molecule has 3 aromatic carbocycles. The number of hydrogen-bond acceptors (Lipinski definition) is 2. The SMILES string of the molecule is Fc1ccccc1CNc1c2ccccc2nc2ccccc12. The van der Waals surface area contributed by atoms with E-state index in [1.54, 1.807) is 12.1 Å². The summed E-state index contributed by atoms with van der Waals surface area (Å²) in [4.78, 5) is 4.70. The Labute approximate surface area is 133 Å². The van der Waals surface area contributed by atoms with E-state index in [0.717, 1.165) is 27.5 Å². The summed E-state index contributed by atoms with van der Waals surface area (Å²) >= 11 is 0. The van der Waals surface area contributed by atoms with Crippen LogP contribution in [0.3, 0.4) is 0 Å². The van der Waals surface area contributed by atoms with Crippen LogP contribution < -0.4 is 5.32 Å². The minimum absolute atomic E-state index is 0.192. The second kappa shape index (κ2) is 5.69. The molecule has 0 unspecified atom stereocenters. The van der Waals surface area contributed by atoms with Gasteiger partial charge in [-0.05, 0) is 18.2 Å². The minimum atomic E-state index is -0.192. The maximum atomic E-state index is 13.9. The number of halogens is 1. The molecule has 1 N–H and O–H groups in total. The zero-order valence-electron chi connectivity index (χ0n) is 12.5. The Morgan fingerprint density at radius 2 is 1.30 bits per heavy atom. The van der Waals surface area contributed by atoms with Gasteiger partial charge in [0.25, 0.3) is 0 Å². The van der Waals surface area contributed by atoms with Gasteiger partial charge in [-0.25, -0.2) is 9.37 Å². The quantitative estimate of drug-likeness (QED) is 0.530. The fourth-order valence-electron chi connectivity index (χ4n) is 2.86. The molecule has 0 bridgehead atoms. The van der Waals surface area contributed by atoms with Crippen molar-refractivity contribution in [3.63, 3.8) is 0 Å². The van der Waals surface area contributed by atoms with E-state index in [0.29, 0.717) is 12.1 Å². The Balaban J connectivity index is 1.84. The number of benzene rings is 3. The van der Waals surface area contributed by atoms with Crippen LogP contribution in [-0.4, -0.2) is 4.98 Å². The molecule has 3 heteroatoms. The van der Waals surface area contributed by atoms with E-state index in [-0.39, 0.29) is 5.82 Å². The second-order valence-corrected chi connectivity index (χ2v) is 5.47. The Bertz CT molecular complexity index is 941. The van der Waals surface area contributed by atoms with Crippen LogP contribution in [0.5, 0.6) is 0 Å². The van der Waals surface area contributed by atoms with Crippen molar-refractivity contribution in [1.29, 1.82) is 0 Å². The highest BCUT2D eigenvalue weighted by molar-refractivity contribution is 6.07. The zero-order valence-corrected chi connectivity index (χ0v) is 12.5. The second-order valence-electron chi connectivity index (χ2n) is 5.47. The molecule has 2 nitrogen and oxygen atoms in total. The molecule has 0 aliphatic rings. The Kier molecular flexibility index (Phi) is 3.39. The van der Waals surface area contributed by atoms with Crippen LogP contribution in [0.15, 0.2) is 72.8 Å². The summed E-state index contributed by atoms with van der Waals surface area (Å²) in [6, 6.07) is 22.9. The van der Waals surface area contributed by atoms with Crippen LogP contribution in [0.25, 0.3) is 21.8 Å². The molecule has 0 saturated carbocycles. The summed E-state index contributed by atoms with van der Waals surface area (Å²) in [6.07, 6.45) is 0. The Morgan fingerprint density at radius 1 is 0.739 bits per heavy atom. The molecule has 0 aliphatic heterocycles. The fraction of sp³-hybridized carbons (Fsp3) is 0.0500. The van der Waals surface area contributed by atoms with Crippen molar-refractivity contribution >= 4 is 27.5 Å². The first kappa shape index (κ1) is 13.7. The standard InChI is InChI=1S/C20H15FN2/c21-17-10-4-1-7-14(17)13-22-20-15-8-2-5-11-18(15)23-19-12-6-3-9-16(19)20/h1-12H,13H2,(H,22,23). The molecule has 4 rings (SSSR count). The topological polar surface area (TPSA) is 24.9 Å². The van der Waals surface area contributed by atoms with Gasteiger partial charge in [-0.2, -0.15) is 0 Å². The minimum Gasteiger partial charge on any atom is -0.380 e. The molecule has 0 aliphatic carbocycles. The van der Waals surface area contributed by atoms with E-state index < -0.39 is 0 Å². The molecule has 0 atom stereocenters. The van der Waals surface area contributed by atoms with E-state index in [1.807, 2.05) is 54.6 Å². The van der Waals surface area contributed by atoms with Crippen molar-refractivity contribution < 1.29 is 4.39 Å². The average Bonchev–Trinajstić information content (AvgIpc) is 2.60. The van der Waals surface area contributed by atoms with Gasteiger partial charge in [0.2, 0.25) is 0 Å². The monoisotopic (exact) mass is 302 g/mol. The maximum absolute atomic E-state index is 13.9. The molecule has 0 radical (unpaired) electrons. The highest BCUT2D eigenvalue weighted by atomic mass is 19.1. The van der Waals surface area contributed by atoms with E-state index in [1.165, 1.54) is 6.07 Å². The van der Waals surface area contributed by atoms with Crippen LogP contribution in [0.4, 0.5) is 10.1 Å². The molecule has 0 amide bonds. The van der Waals surface area contributed by atoms with Crippen LogP contribution in [-0.2, 0) is 6.54 Å². The van der Waals surface area contributed by atoms with Gasteiger partial charge in [0.15, 0.2) is 0 Å². The lowest BCUT2D eigenvalue weighted by atomic mass is 10.1. The van der Waals surface area contributed by atoms with E-state index in [2.05, 4.69) is 5.32 Å². The fourth-order valence-corrected chi connectivity index (χ4v) is 2.86. The molecule has 0 fully saturated rings. The van der Waals surface area contributed by atoms with Gasteiger partial charge < -0.3 is 5.32 Å². The summed E-state index contributed by atoms with van der Waals surface area (Å²) < 4.78 is 13.9. The summed E-state index contributed by atoms with van der Waals surface area (Å²) in [7, 11) is 0. The first-order valence-corrected chi connectivity index (χ1v) is 7.58. The number of hydrogen-bond donors (Lipinski definition) is 1. The van der Waals surface area contributed by atoms with Crippen LogP contribution in [0.2, 0.25) is 0 Å². The number of rotatable bonds is 3. The number of anilines is 1. The number of nitrogens with zero attached hydrogens (tertiary/aromatic N) is 1. The van der Waals surface area contributed by atoms with Crippen molar-refractivity contribution in [2.75, 3.05) is 5.32 Å². The van der Waals surface area contributed by atoms with Crippen LogP contribution in [0, 0.1) is 5.82 Å². The molecule has 0 saturated heterocycles. The zero-order chi connectivity index (χ0) is 15.6. The number of para-hydroxylation sites is 2. The van der Waals surface area contributed by atoms with Gasteiger partial charge >= 0.3 is 0 Å². The lowest BCUT2D eigenvalue weighted by molar-refractivity contribution is 0.613. The Morgan fingerprint density at radius 3 is 1.96 bits per heavy atom. The summed E-state index contributed by atoms with van der Waals surface area (Å²) in [5.41, 5.74) is 3.51. The van der Waals surface area contributed by atoms with Crippen LogP contribution in [0.1, 0.15) is 5.56 Å². The predicted octanol–water partition coefficient (Wildman–Crippen LogP) is 5.14. The smallest absolute Gasteiger partial charge is 0.128 e. The van der Waals surface area contributed by atoms with E-state index in [4.69, 9.17) is 4.98 Å². The highest BCUT2D eigenvalue weighted by Crippen LogP contribution is 2.31. The molecule has 1 aromatic heterocycles. The lowest BCUT2D eigenvalue weighted by Gasteiger charge is -2.13. The maximum Gasteiger partial charge on any atom is 0.128 e. The van der Waals surface area contributed by atoms with Gasteiger partial charge in [0.1, 0.15) is 5.82 Å². The lowest BCUT2D eigenvalue weighted by Crippen LogP contribution is -2.03. The van der Waals surface area contributed by atoms with Crippen molar-refractivity contribution in [3.8, 4) is 0 Å². The summed E-state index contributed by atoms with van der Waals surface area (Å²) in [6.45, 7) is 0.435. The molecule has 0 spiro atoms.